The lowest BCUT2D eigenvalue weighted by Gasteiger charge is -2.17. The molecule has 0 N–H and O–H groups in total. The van der Waals surface area contributed by atoms with E-state index in [1.54, 1.807) is 13.8 Å². The van der Waals surface area contributed by atoms with Gasteiger partial charge in [-0.1, -0.05) is 13.8 Å². The van der Waals surface area contributed by atoms with Gasteiger partial charge in [-0.15, -0.1) is 0 Å². The van der Waals surface area contributed by atoms with E-state index in [-0.39, 0.29) is 11.9 Å². The number of carbonyl (C=O) groups excluding carboxylic acids is 1. The Bertz CT molecular complexity index is 212. The second-order valence-corrected chi connectivity index (χ2v) is 4.00. The van der Waals surface area contributed by atoms with Crippen molar-refractivity contribution in [3.8, 4) is 0 Å². The van der Waals surface area contributed by atoms with Crippen molar-refractivity contribution in [3.05, 3.63) is 0 Å². The molecule has 1 aliphatic heterocycles. The average Bonchev–Trinajstić information content (AvgIpc) is 2.44. The van der Waals surface area contributed by atoms with Crippen molar-refractivity contribution in [3.63, 3.8) is 0 Å². The van der Waals surface area contributed by atoms with Gasteiger partial charge in [0.25, 0.3) is 0 Å². The van der Waals surface area contributed by atoms with Crippen LogP contribution in [0.2, 0.25) is 0 Å². The van der Waals surface area contributed by atoms with Crippen molar-refractivity contribution in [2.24, 2.45) is 5.92 Å². The van der Waals surface area contributed by atoms with E-state index in [1.807, 2.05) is 13.8 Å². The van der Waals surface area contributed by atoms with Crippen molar-refractivity contribution in [1.82, 2.24) is 0 Å². The first-order valence-electron chi connectivity index (χ1n) is 4.97. The highest BCUT2D eigenvalue weighted by Gasteiger charge is 2.35. The summed E-state index contributed by atoms with van der Waals surface area (Å²) in [5.74, 6) is -0.943. The summed E-state index contributed by atoms with van der Waals surface area (Å²) in [5, 5.41) is 0. The van der Waals surface area contributed by atoms with Gasteiger partial charge in [-0.05, 0) is 20.3 Å². The van der Waals surface area contributed by atoms with E-state index in [0.29, 0.717) is 6.61 Å². The number of carbonyl (C=O) groups is 1. The lowest BCUT2D eigenvalue weighted by Crippen LogP contribution is -2.26. The van der Waals surface area contributed by atoms with E-state index in [0.717, 1.165) is 6.42 Å². The monoisotopic (exact) mass is 202 g/mol. The smallest absolute Gasteiger partial charge is 0.311 e. The Balaban J connectivity index is 2.36. The molecule has 4 nitrogen and oxygen atoms in total. The molecule has 1 fully saturated rings. The third-order valence-corrected chi connectivity index (χ3v) is 2.24. The molecule has 1 saturated heterocycles. The minimum absolute atomic E-state index is 0.0812. The van der Waals surface area contributed by atoms with Crippen LogP contribution in [0.1, 0.15) is 34.1 Å². The van der Waals surface area contributed by atoms with Crippen LogP contribution in [0.5, 0.6) is 0 Å². The van der Waals surface area contributed by atoms with Crippen molar-refractivity contribution < 1.29 is 19.0 Å². The molecule has 2 atom stereocenters. The van der Waals surface area contributed by atoms with Gasteiger partial charge in [-0.25, -0.2) is 0 Å². The molecular formula is C10H18O4. The minimum Gasteiger partial charge on any atom is -0.433 e. The van der Waals surface area contributed by atoms with Crippen LogP contribution < -0.4 is 0 Å². The van der Waals surface area contributed by atoms with Gasteiger partial charge in [0.1, 0.15) is 6.61 Å². The highest BCUT2D eigenvalue weighted by molar-refractivity contribution is 5.72. The highest BCUT2D eigenvalue weighted by Crippen LogP contribution is 2.23. The Morgan fingerprint density at radius 3 is 2.71 bits per heavy atom. The largest absolute Gasteiger partial charge is 0.433 e. The van der Waals surface area contributed by atoms with Gasteiger partial charge in [-0.2, -0.15) is 0 Å². The van der Waals surface area contributed by atoms with E-state index < -0.39 is 12.1 Å². The van der Waals surface area contributed by atoms with Gasteiger partial charge in [0.2, 0.25) is 6.29 Å². The predicted octanol–water partition coefficient (Wildman–Crippen LogP) is 1.68. The third kappa shape index (κ3) is 2.96. The summed E-state index contributed by atoms with van der Waals surface area (Å²) in [4.78, 5) is 11.4. The Morgan fingerprint density at radius 1 is 1.64 bits per heavy atom. The Morgan fingerprint density at radius 2 is 2.29 bits per heavy atom. The van der Waals surface area contributed by atoms with Gasteiger partial charge in [0.15, 0.2) is 5.79 Å². The third-order valence-electron chi connectivity index (χ3n) is 2.24. The summed E-state index contributed by atoms with van der Waals surface area (Å²) in [5.41, 5.74) is 0. The van der Waals surface area contributed by atoms with Crippen molar-refractivity contribution in [2.75, 3.05) is 6.61 Å². The van der Waals surface area contributed by atoms with Crippen LogP contribution >= 0.6 is 0 Å². The average molecular weight is 202 g/mol. The second kappa shape index (κ2) is 4.28. The van der Waals surface area contributed by atoms with Crippen LogP contribution in [0.3, 0.4) is 0 Å². The predicted molar refractivity (Wildman–Crippen MR) is 50.5 cm³/mol. The molecule has 0 aliphatic carbocycles. The Labute approximate surface area is 84.5 Å². The quantitative estimate of drug-likeness (QED) is 0.653. The van der Waals surface area contributed by atoms with E-state index in [9.17, 15) is 4.79 Å². The number of hydrogen-bond donors (Lipinski definition) is 0. The van der Waals surface area contributed by atoms with E-state index in [4.69, 9.17) is 14.2 Å². The van der Waals surface area contributed by atoms with Crippen LogP contribution in [0.4, 0.5) is 0 Å². The van der Waals surface area contributed by atoms with E-state index >= 15 is 0 Å². The molecule has 82 valence electrons. The molecule has 4 heteroatoms. The lowest BCUT2D eigenvalue weighted by molar-refractivity contribution is -0.200. The molecule has 0 aromatic heterocycles. The molecule has 2 unspecified atom stereocenters. The maximum absolute atomic E-state index is 11.4. The normalized spacial score (nSPS) is 27.3. The van der Waals surface area contributed by atoms with Crippen LogP contribution in [0.25, 0.3) is 0 Å². The maximum Gasteiger partial charge on any atom is 0.311 e. The first-order chi connectivity index (χ1) is 6.44. The molecule has 14 heavy (non-hydrogen) atoms. The highest BCUT2D eigenvalue weighted by atomic mass is 16.8. The summed E-state index contributed by atoms with van der Waals surface area (Å²) in [7, 11) is 0. The van der Waals surface area contributed by atoms with Gasteiger partial charge < -0.3 is 14.2 Å². The van der Waals surface area contributed by atoms with Crippen molar-refractivity contribution in [2.45, 2.75) is 46.2 Å². The van der Waals surface area contributed by atoms with E-state index in [1.165, 1.54) is 0 Å². The molecule has 1 heterocycles. The van der Waals surface area contributed by atoms with Crippen molar-refractivity contribution in [1.29, 1.82) is 0 Å². The first kappa shape index (κ1) is 11.5. The lowest BCUT2D eigenvalue weighted by atomic mass is 10.1. The van der Waals surface area contributed by atoms with Crippen LogP contribution in [-0.2, 0) is 19.0 Å². The summed E-state index contributed by atoms with van der Waals surface area (Å²) in [6, 6.07) is 0. The number of rotatable bonds is 3. The summed E-state index contributed by atoms with van der Waals surface area (Å²) in [6.45, 7) is 7.69. The van der Waals surface area contributed by atoms with Crippen LogP contribution in [0.15, 0.2) is 0 Å². The number of ether oxygens (including phenoxy) is 3. The zero-order valence-corrected chi connectivity index (χ0v) is 9.20. The van der Waals surface area contributed by atoms with Crippen LogP contribution in [-0.4, -0.2) is 24.7 Å². The Kier molecular flexibility index (Phi) is 3.50. The molecule has 0 spiro atoms. The topological polar surface area (TPSA) is 44.8 Å². The fraction of sp³-hybridized carbons (Fsp3) is 0.900. The Hall–Kier alpha value is -0.610. The van der Waals surface area contributed by atoms with Gasteiger partial charge in [0, 0.05) is 0 Å². The fourth-order valence-corrected chi connectivity index (χ4v) is 1.12. The number of esters is 1. The fourth-order valence-electron chi connectivity index (χ4n) is 1.12. The maximum atomic E-state index is 11.4. The molecule has 0 amide bonds. The molecular weight excluding hydrogens is 184 g/mol. The SMILES string of the molecule is CCC(C)C(=O)OC1COC(C)(C)O1. The molecule has 0 aromatic carbocycles. The van der Waals surface area contributed by atoms with E-state index in [2.05, 4.69) is 0 Å². The minimum atomic E-state index is -0.638. The van der Waals surface area contributed by atoms with Gasteiger partial charge in [-0.3, -0.25) is 4.79 Å². The standard InChI is InChI=1S/C10H18O4/c1-5-7(2)9(11)13-8-6-12-10(3,4)14-8/h7-8H,5-6H2,1-4H3. The summed E-state index contributed by atoms with van der Waals surface area (Å²) in [6.07, 6.45) is 0.224. The molecule has 0 radical (unpaired) electrons. The first-order valence-corrected chi connectivity index (χ1v) is 4.97. The summed E-state index contributed by atoms with van der Waals surface area (Å²) >= 11 is 0. The zero-order chi connectivity index (χ0) is 10.8. The molecule has 0 saturated carbocycles. The van der Waals surface area contributed by atoms with Gasteiger partial charge in [0.05, 0.1) is 5.92 Å². The van der Waals surface area contributed by atoms with Crippen molar-refractivity contribution >= 4 is 5.97 Å². The molecule has 0 bridgehead atoms. The molecule has 1 aliphatic rings. The zero-order valence-electron chi connectivity index (χ0n) is 9.20. The van der Waals surface area contributed by atoms with Crippen LogP contribution in [0, 0.1) is 5.92 Å². The second-order valence-electron chi connectivity index (χ2n) is 4.00. The molecule has 0 aromatic rings. The molecule has 1 rings (SSSR count). The summed E-state index contributed by atoms with van der Waals surface area (Å²) < 4.78 is 15.7. The van der Waals surface area contributed by atoms with Gasteiger partial charge >= 0.3 is 5.97 Å². The number of hydrogen-bond acceptors (Lipinski definition) is 4.